The van der Waals surface area contributed by atoms with E-state index in [0.717, 1.165) is 16.9 Å². The lowest BCUT2D eigenvalue weighted by Crippen LogP contribution is -2.57. The molecular formula is C32H43N7O6. The molecule has 1 aliphatic rings. The second-order valence-corrected chi connectivity index (χ2v) is 11.9. The van der Waals surface area contributed by atoms with Crippen molar-refractivity contribution in [1.82, 2.24) is 36.0 Å². The number of hydrogen-bond donors (Lipinski definition) is 5. The van der Waals surface area contributed by atoms with Gasteiger partial charge in [0.15, 0.2) is 5.69 Å². The number of carbonyl (C=O) groups excluding carboxylic acids is 4. The lowest BCUT2D eigenvalue weighted by molar-refractivity contribution is -0.134. The average Bonchev–Trinajstić information content (AvgIpc) is 3.59. The van der Waals surface area contributed by atoms with Crippen LogP contribution < -0.4 is 21.3 Å². The van der Waals surface area contributed by atoms with Gasteiger partial charge in [-0.15, -0.1) is 0 Å². The van der Waals surface area contributed by atoms with E-state index in [9.17, 15) is 24.3 Å². The summed E-state index contributed by atoms with van der Waals surface area (Å²) in [6, 6.07) is 6.58. The van der Waals surface area contributed by atoms with Crippen molar-refractivity contribution >= 4 is 23.6 Å². The molecule has 242 valence electrons. The first-order valence-corrected chi connectivity index (χ1v) is 15.4. The third-order valence-electron chi connectivity index (χ3n) is 7.78. The van der Waals surface area contributed by atoms with Crippen LogP contribution in [0.1, 0.15) is 85.8 Å². The Kier molecular flexibility index (Phi) is 11.1. The maximum Gasteiger partial charge on any atom is 0.273 e. The van der Waals surface area contributed by atoms with E-state index in [-0.39, 0.29) is 36.3 Å². The predicted molar refractivity (Wildman–Crippen MR) is 165 cm³/mol. The van der Waals surface area contributed by atoms with Crippen LogP contribution in [0.2, 0.25) is 0 Å². The van der Waals surface area contributed by atoms with Gasteiger partial charge in [0, 0.05) is 17.8 Å². The van der Waals surface area contributed by atoms with Gasteiger partial charge in [-0.25, -0.2) is 9.67 Å². The van der Waals surface area contributed by atoms with Crippen molar-refractivity contribution in [2.24, 2.45) is 5.92 Å². The summed E-state index contributed by atoms with van der Waals surface area (Å²) in [5, 5.41) is 26.2. The molecule has 13 heteroatoms. The van der Waals surface area contributed by atoms with Crippen LogP contribution in [0.15, 0.2) is 41.0 Å². The summed E-state index contributed by atoms with van der Waals surface area (Å²) in [6.07, 6.45) is 1.68. The minimum absolute atomic E-state index is 0.00123. The summed E-state index contributed by atoms with van der Waals surface area (Å²) in [4.78, 5) is 57.2. The van der Waals surface area contributed by atoms with Gasteiger partial charge in [0.05, 0.1) is 23.9 Å². The highest BCUT2D eigenvalue weighted by molar-refractivity contribution is 5.93. The predicted octanol–water partition coefficient (Wildman–Crippen LogP) is 2.19. The van der Waals surface area contributed by atoms with Crippen LogP contribution in [0.5, 0.6) is 0 Å². The van der Waals surface area contributed by atoms with Crippen LogP contribution in [0.4, 0.5) is 0 Å². The van der Waals surface area contributed by atoms with Gasteiger partial charge in [0.25, 0.3) is 5.91 Å². The van der Waals surface area contributed by atoms with E-state index in [2.05, 4.69) is 31.3 Å². The molecule has 5 N–H and O–H groups in total. The molecule has 2 aromatic heterocycles. The zero-order chi connectivity index (χ0) is 32.7. The first-order valence-electron chi connectivity index (χ1n) is 15.4. The average molecular weight is 622 g/mol. The van der Waals surface area contributed by atoms with Crippen molar-refractivity contribution in [3.8, 4) is 5.69 Å². The summed E-state index contributed by atoms with van der Waals surface area (Å²) < 4.78 is 7.33. The van der Waals surface area contributed by atoms with Crippen molar-refractivity contribution in [1.29, 1.82) is 0 Å². The summed E-state index contributed by atoms with van der Waals surface area (Å²) in [5.41, 5.74) is 3.22. The molecule has 3 aromatic rings. The summed E-state index contributed by atoms with van der Waals surface area (Å²) in [7, 11) is 0. The van der Waals surface area contributed by atoms with E-state index in [1.165, 1.54) is 13.2 Å². The summed E-state index contributed by atoms with van der Waals surface area (Å²) in [6.45, 7) is 9.36. The van der Waals surface area contributed by atoms with Gasteiger partial charge < -0.3 is 30.8 Å². The van der Waals surface area contributed by atoms with E-state index < -0.39 is 42.0 Å². The Morgan fingerprint density at radius 3 is 2.51 bits per heavy atom. The van der Waals surface area contributed by atoms with E-state index >= 15 is 0 Å². The molecule has 4 amide bonds. The number of benzene rings is 1. The van der Waals surface area contributed by atoms with Crippen LogP contribution in [-0.4, -0.2) is 68.2 Å². The first kappa shape index (κ1) is 33.4. The highest BCUT2D eigenvalue weighted by atomic mass is 16.3. The van der Waals surface area contributed by atoms with Crippen molar-refractivity contribution < 1.29 is 28.7 Å². The minimum atomic E-state index is -1.31. The number of amides is 4. The van der Waals surface area contributed by atoms with Gasteiger partial charge in [-0.05, 0) is 64.5 Å². The number of hydrogen-bond acceptors (Lipinski definition) is 8. The van der Waals surface area contributed by atoms with Crippen LogP contribution in [-0.2, 0) is 20.8 Å². The fourth-order valence-corrected chi connectivity index (χ4v) is 5.36. The molecule has 0 saturated carbocycles. The molecule has 0 spiro atoms. The number of carbonyl (C=O) groups is 4. The standard InChI is InChI=1S/C32H43N7O6/c1-18(2)15-25-32-36-26(17-45-32)29(42)33-14-10-9-13-24(30(43)37-28(21(5)40)31(44)35-25)34-27(41)16-23-19(3)38-39(20(23)4)22-11-7-6-8-12-22/h6-8,11-12,17-18,21,24-25,28,40H,9-10,13-16H2,1-5H3,(H,33,42)(H,34,41)(H,35,44)(H,37,43)/t21-,24+,25+,28+/m1/s1. The number of para-hydroxylation sites is 1. The molecule has 0 fully saturated rings. The van der Waals surface area contributed by atoms with Gasteiger partial charge in [0.1, 0.15) is 24.4 Å². The monoisotopic (exact) mass is 621 g/mol. The topological polar surface area (TPSA) is 180 Å². The van der Waals surface area contributed by atoms with Crippen LogP contribution in [0.3, 0.4) is 0 Å². The second kappa shape index (κ2) is 15.0. The van der Waals surface area contributed by atoms with Gasteiger partial charge in [-0.2, -0.15) is 5.10 Å². The molecule has 0 saturated heterocycles. The zero-order valence-corrected chi connectivity index (χ0v) is 26.4. The lowest BCUT2D eigenvalue weighted by atomic mass is 10.0. The maximum absolute atomic E-state index is 13.6. The Balaban J connectivity index is 1.54. The number of oxazole rings is 1. The van der Waals surface area contributed by atoms with Gasteiger partial charge in [-0.1, -0.05) is 32.0 Å². The van der Waals surface area contributed by atoms with Gasteiger partial charge >= 0.3 is 0 Å². The molecule has 0 unspecified atom stereocenters. The SMILES string of the molecule is Cc1nn(-c2ccccc2)c(C)c1CC(=O)N[C@H]1CCCCNC(=O)c2coc(n2)[C@H](CC(C)C)NC(=O)[C@H]([C@@H](C)O)NC1=O. The van der Waals surface area contributed by atoms with Crippen molar-refractivity contribution in [3.05, 3.63) is 65.1 Å². The van der Waals surface area contributed by atoms with E-state index in [0.29, 0.717) is 31.5 Å². The van der Waals surface area contributed by atoms with Crippen molar-refractivity contribution in [3.63, 3.8) is 0 Å². The van der Waals surface area contributed by atoms with Gasteiger partial charge in [0.2, 0.25) is 23.6 Å². The van der Waals surface area contributed by atoms with Crippen molar-refractivity contribution in [2.75, 3.05) is 6.54 Å². The second-order valence-electron chi connectivity index (χ2n) is 11.9. The largest absolute Gasteiger partial charge is 0.446 e. The first-order chi connectivity index (χ1) is 21.4. The molecule has 3 heterocycles. The molecule has 4 rings (SSSR count). The van der Waals surface area contributed by atoms with Crippen LogP contribution >= 0.6 is 0 Å². The van der Waals surface area contributed by atoms with Crippen LogP contribution in [0, 0.1) is 19.8 Å². The molecule has 2 bridgehead atoms. The highest BCUT2D eigenvalue weighted by Gasteiger charge is 2.33. The quantitative estimate of drug-likeness (QED) is 0.266. The Morgan fingerprint density at radius 1 is 1.09 bits per heavy atom. The lowest BCUT2D eigenvalue weighted by Gasteiger charge is -2.27. The molecule has 1 aliphatic heterocycles. The number of nitrogens with one attached hydrogen (secondary N) is 4. The molecule has 0 aliphatic carbocycles. The number of aromatic nitrogens is 3. The van der Waals surface area contributed by atoms with Crippen molar-refractivity contribution in [2.45, 2.75) is 91.0 Å². The number of aryl methyl sites for hydroxylation is 1. The fraction of sp³-hybridized carbons (Fsp3) is 0.500. The summed E-state index contributed by atoms with van der Waals surface area (Å²) in [5.74, 6) is -1.78. The van der Waals surface area contributed by atoms with E-state index in [1.54, 1.807) is 4.68 Å². The van der Waals surface area contributed by atoms with Crippen LogP contribution in [0.25, 0.3) is 5.69 Å². The maximum atomic E-state index is 13.6. The zero-order valence-electron chi connectivity index (χ0n) is 26.4. The van der Waals surface area contributed by atoms with E-state index in [4.69, 9.17) is 4.42 Å². The van der Waals surface area contributed by atoms with E-state index in [1.807, 2.05) is 58.0 Å². The Labute approximate surface area is 262 Å². The number of fused-ring (bicyclic) bond motifs is 2. The molecule has 0 radical (unpaired) electrons. The molecule has 4 atom stereocenters. The Morgan fingerprint density at radius 2 is 1.82 bits per heavy atom. The number of aliphatic hydroxyl groups excluding tert-OH is 1. The Hall–Kier alpha value is -4.52. The number of aliphatic hydroxyl groups is 1. The molecular weight excluding hydrogens is 578 g/mol. The smallest absolute Gasteiger partial charge is 0.273 e. The third kappa shape index (κ3) is 8.56. The molecule has 13 nitrogen and oxygen atoms in total. The number of nitrogens with zero attached hydrogens (tertiary/aromatic N) is 3. The molecule has 1 aromatic carbocycles. The Bertz CT molecular complexity index is 1500. The van der Waals surface area contributed by atoms with Gasteiger partial charge in [-0.3, -0.25) is 19.2 Å². The highest BCUT2D eigenvalue weighted by Crippen LogP contribution is 2.22. The normalized spacial score (nSPS) is 20.7. The third-order valence-corrected chi connectivity index (χ3v) is 7.78. The summed E-state index contributed by atoms with van der Waals surface area (Å²) >= 11 is 0. The number of rotatable bonds is 7. The minimum Gasteiger partial charge on any atom is -0.446 e. The molecule has 45 heavy (non-hydrogen) atoms. The fourth-order valence-electron chi connectivity index (χ4n) is 5.36.